The van der Waals surface area contributed by atoms with Gasteiger partial charge in [0.05, 0.1) is 52.3 Å². The zero-order chi connectivity index (χ0) is 25.4. The molecule has 2 unspecified atom stereocenters. The molecule has 0 aromatic heterocycles. The number of hydrogen-bond acceptors (Lipinski definition) is 7. The Labute approximate surface area is 210 Å². The molecule has 2 aromatic rings. The highest BCUT2D eigenvalue weighted by Crippen LogP contribution is 2.44. The third-order valence-corrected chi connectivity index (χ3v) is 6.41. The Kier molecular flexibility index (Phi) is 9.69. The van der Waals surface area contributed by atoms with E-state index in [1.165, 1.54) is 0 Å². The van der Waals surface area contributed by atoms with Crippen LogP contribution in [0.5, 0.6) is 23.0 Å². The van der Waals surface area contributed by atoms with Crippen LogP contribution in [-0.2, 0) is 4.74 Å². The first-order chi connectivity index (χ1) is 17.0. The summed E-state index contributed by atoms with van der Waals surface area (Å²) in [5.41, 5.74) is 3.13. The zero-order valence-electron chi connectivity index (χ0n) is 22.0. The molecule has 0 amide bonds. The highest BCUT2D eigenvalue weighted by Gasteiger charge is 2.33. The van der Waals surface area contributed by atoms with Gasteiger partial charge in [0.2, 0.25) is 5.75 Å². The largest absolute Gasteiger partial charge is 0.493 e. The molecule has 0 bridgehead atoms. The van der Waals surface area contributed by atoms with Crippen LogP contribution in [0.15, 0.2) is 48.6 Å². The fraction of sp³-hybridized carbons (Fsp3) is 0.500. The van der Waals surface area contributed by atoms with Crippen molar-refractivity contribution in [1.82, 2.24) is 4.90 Å². The first-order valence-electron chi connectivity index (χ1n) is 12.2. The van der Waals surface area contributed by atoms with Crippen LogP contribution in [0.3, 0.4) is 0 Å². The molecule has 0 saturated carbocycles. The molecule has 192 valence electrons. The third-order valence-electron chi connectivity index (χ3n) is 6.41. The molecule has 7 nitrogen and oxygen atoms in total. The minimum absolute atomic E-state index is 0.0437. The lowest BCUT2D eigenvalue weighted by molar-refractivity contribution is 0.0757. The predicted octanol–water partition coefficient (Wildman–Crippen LogP) is 4.96. The van der Waals surface area contributed by atoms with Gasteiger partial charge in [0.1, 0.15) is 12.4 Å². The van der Waals surface area contributed by atoms with E-state index < -0.39 is 0 Å². The summed E-state index contributed by atoms with van der Waals surface area (Å²) >= 11 is 0. The standard InChI is InChI=1S/C28H40N2O5/c1-8-29(9-2)22(18-34-17-20(3)4)16-30-23-12-10-11-13-25(23)35-19-24(30)21-14-26(31-5)28(33-7)27(15-21)32-6/h10-15,22,24H,3,8-9,16-19H2,1-2,4-7H3. The molecule has 1 aliphatic heterocycles. The maximum absolute atomic E-state index is 6.22. The minimum atomic E-state index is -0.0437. The van der Waals surface area contributed by atoms with E-state index in [0.717, 1.165) is 42.2 Å². The second kappa shape index (κ2) is 12.7. The van der Waals surface area contributed by atoms with Crippen LogP contribution in [-0.4, -0.2) is 71.7 Å². The number of rotatable bonds is 13. The van der Waals surface area contributed by atoms with E-state index in [4.69, 9.17) is 23.7 Å². The predicted molar refractivity (Wildman–Crippen MR) is 140 cm³/mol. The number of benzene rings is 2. The molecule has 1 aliphatic rings. The van der Waals surface area contributed by atoms with Gasteiger partial charge >= 0.3 is 0 Å². The molecule has 0 radical (unpaired) electrons. The van der Waals surface area contributed by atoms with E-state index in [9.17, 15) is 0 Å². The second-order valence-electron chi connectivity index (χ2n) is 8.75. The van der Waals surface area contributed by atoms with Gasteiger partial charge in [0, 0.05) is 6.54 Å². The molecule has 2 aromatic carbocycles. The van der Waals surface area contributed by atoms with Crippen molar-refractivity contribution in [3.8, 4) is 23.0 Å². The fourth-order valence-electron chi connectivity index (χ4n) is 4.65. The van der Waals surface area contributed by atoms with Gasteiger partial charge in [-0.15, -0.1) is 0 Å². The van der Waals surface area contributed by atoms with E-state index in [-0.39, 0.29) is 12.1 Å². The topological polar surface area (TPSA) is 52.6 Å². The molecule has 3 rings (SSSR count). The summed E-state index contributed by atoms with van der Waals surface area (Å²) in [6.07, 6.45) is 0. The van der Waals surface area contributed by atoms with Crippen molar-refractivity contribution in [2.24, 2.45) is 0 Å². The molecule has 35 heavy (non-hydrogen) atoms. The summed E-state index contributed by atoms with van der Waals surface area (Å²) in [7, 11) is 4.90. The lowest BCUT2D eigenvalue weighted by Crippen LogP contribution is -2.49. The number of anilines is 1. The zero-order valence-corrected chi connectivity index (χ0v) is 22.0. The summed E-state index contributed by atoms with van der Waals surface area (Å²) in [4.78, 5) is 4.87. The molecule has 0 spiro atoms. The van der Waals surface area contributed by atoms with Crippen LogP contribution in [0, 0.1) is 0 Å². The molecule has 0 N–H and O–H groups in total. The Morgan fingerprint density at radius 2 is 1.74 bits per heavy atom. The monoisotopic (exact) mass is 484 g/mol. The molecular formula is C28H40N2O5. The van der Waals surface area contributed by atoms with Crippen LogP contribution in [0.1, 0.15) is 32.4 Å². The maximum atomic E-state index is 6.22. The second-order valence-corrected chi connectivity index (χ2v) is 8.75. The summed E-state index contributed by atoms with van der Waals surface area (Å²) in [5, 5.41) is 0. The van der Waals surface area contributed by atoms with Crippen LogP contribution >= 0.6 is 0 Å². The highest BCUT2D eigenvalue weighted by atomic mass is 16.5. The maximum Gasteiger partial charge on any atom is 0.203 e. The Morgan fingerprint density at radius 3 is 2.31 bits per heavy atom. The van der Waals surface area contributed by atoms with Gasteiger partial charge in [-0.2, -0.15) is 0 Å². The number of hydrogen-bond donors (Lipinski definition) is 0. The first-order valence-corrected chi connectivity index (χ1v) is 12.2. The smallest absolute Gasteiger partial charge is 0.203 e. The summed E-state index contributed by atoms with van der Waals surface area (Å²) in [5.74, 6) is 2.73. The molecular weight excluding hydrogens is 444 g/mol. The Morgan fingerprint density at radius 1 is 1.09 bits per heavy atom. The van der Waals surface area contributed by atoms with Crippen molar-refractivity contribution >= 4 is 5.69 Å². The van der Waals surface area contributed by atoms with E-state index in [1.54, 1.807) is 21.3 Å². The van der Waals surface area contributed by atoms with Crippen molar-refractivity contribution in [3.63, 3.8) is 0 Å². The van der Waals surface area contributed by atoms with Crippen LogP contribution < -0.4 is 23.8 Å². The number of nitrogens with zero attached hydrogens (tertiary/aromatic N) is 2. The van der Waals surface area contributed by atoms with E-state index in [2.05, 4.69) is 42.4 Å². The van der Waals surface area contributed by atoms with Gasteiger partial charge in [0.15, 0.2) is 11.5 Å². The third kappa shape index (κ3) is 6.21. The summed E-state index contributed by atoms with van der Waals surface area (Å²) < 4.78 is 29.1. The molecule has 0 aliphatic carbocycles. The molecule has 0 fully saturated rings. The fourth-order valence-corrected chi connectivity index (χ4v) is 4.65. The van der Waals surface area contributed by atoms with Gasteiger partial charge in [-0.05, 0) is 49.8 Å². The van der Waals surface area contributed by atoms with Gasteiger partial charge in [-0.25, -0.2) is 0 Å². The van der Waals surface area contributed by atoms with Crippen molar-refractivity contribution in [1.29, 1.82) is 0 Å². The minimum Gasteiger partial charge on any atom is -0.493 e. The van der Waals surface area contributed by atoms with Gasteiger partial charge in [0.25, 0.3) is 0 Å². The number of ether oxygens (including phenoxy) is 5. The molecule has 1 heterocycles. The van der Waals surface area contributed by atoms with Gasteiger partial charge in [-0.1, -0.05) is 38.1 Å². The van der Waals surface area contributed by atoms with E-state index in [0.29, 0.717) is 37.1 Å². The summed E-state index contributed by atoms with van der Waals surface area (Å²) in [6, 6.07) is 12.4. The molecule has 0 saturated heterocycles. The van der Waals surface area contributed by atoms with E-state index >= 15 is 0 Å². The van der Waals surface area contributed by atoms with Crippen molar-refractivity contribution in [2.45, 2.75) is 32.9 Å². The highest BCUT2D eigenvalue weighted by molar-refractivity contribution is 5.63. The van der Waals surface area contributed by atoms with Crippen LogP contribution in [0.4, 0.5) is 5.69 Å². The van der Waals surface area contributed by atoms with Crippen molar-refractivity contribution < 1.29 is 23.7 Å². The number of fused-ring (bicyclic) bond motifs is 1. The molecule has 7 heteroatoms. The number of likely N-dealkylation sites (N-methyl/N-ethyl adjacent to an activating group) is 1. The lowest BCUT2D eigenvalue weighted by atomic mass is 10.0. The van der Waals surface area contributed by atoms with Gasteiger partial charge in [-0.3, -0.25) is 4.90 Å². The Hall–Kier alpha value is -2.90. The van der Waals surface area contributed by atoms with Crippen molar-refractivity contribution in [3.05, 3.63) is 54.1 Å². The quantitative estimate of drug-likeness (QED) is 0.373. The lowest BCUT2D eigenvalue weighted by Gasteiger charge is -2.43. The van der Waals surface area contributed by atoms with Crippen LogP contribution in [0.25, 0.3) is 0 Å². The normalized spacial score (nSPS) is 15.9. The Balaban J connectivity index is 2.02. The average molecular weight is 485 g/mol. The summed E-state index contributed by atoms with van der Waals surface area (Å²) in [6.45, 7) is 14.7. The number of para-hydroxylation sites is 2. The Bertz CT molecular complexity index is 951. The number of methoxy groups -OCH3 is 3. The average Bonchev–Trinajstić information content (AvgIpc) is 2.88. The SMILES string of the molecule is C=C(C)COCC(CN1c2ccccc2OCC1c1cc(OC)c(OC)c(OC)c1)N(CC)CC. The first kappa shape index (κ1) is 26.7. The van der Waals surface area contributed by atoms with Gasteiger partial charge < -0.3 is 28.6 Å². The van der Waals surface area contributed by atoms with Crippen LogP contribution in [0.2, 0.25) is 0 Å². The van der Waals surface area contributed by atoms with Crippen molar-refractivity contribution in [2.75, 3.05) is 65.7 Å². The molecule has 2 atom stereocenters. The van der Waals surface area contributed by atoms with E-state index in [1.807, 2.05) is 31.2 Å².